The van der Waals surface area contributed by atoms with Gasteiger partial charge in [0.05, 0.1) is 18.5 Å². The maximum Gasteiger partial charge on any atom is 0.118 e. The van der Waals surface area contributed by atoms with Crippen LogP contribution < -0.4 is 10.5 Å². The Bertz CT molecular complexity index is 537. The molecule has 0 aliphatic carbocycles. The van der Waals surface area contributed by atoms with Crippen molar-refractivity contribution in [2.24, 2.45) is 5.73 Å². The number of aliphatic hydroxyl groups excluding tert-OH is 1. The van der Waals surface area contributed by atoms with Crippen molar-refractivity contribution in [3.8, 4) is 5.75 Å². The summed E-state index contributed by atoms with van der Waals surface area (Å²) >= 11 is 0. The molecule has 6 nitrogen and oxygen atoms in total. The van der Waals surface area contributed by atoms with Crippen LogP contribution in [0.4, 0.5) is 0 Å². The van der Waals surface area contributed by atoms with Crippen LogP contribution in [0.1, 0.15) is 23.4 Å². The second kappa shape index (κ2) is 7.02. The number of methoxy groups -OCH3 is 1. The van der Waals surface area contributed by atoms with E-state index in [1.54, 1.807) is 7.11 Å². The molecule has 0 fully saturated rings. The average Bonchev–Trinajstić information content (AvgIpc) is 2.88. The minimum absolute atomic E-state index is 0.139. The molecule has 0 saturated heterocycles. The topological polar surface area (TPSA) is 86.2 Å². The smallest absolute Gasteiger partial charge is 0.118 e. The largest absolute Gasteiger partial charge is 0.497 e. The fourth-order valence-electron chi connectivity index (χ4n) is 2.06. The third-order valence-corrected chi connectivity index (χ3v) is 3.17. The Morgan fingerprint density at radius 1 is 1.30 bits per heavy atom. The first-order valence-electron chi connectivity index (χ1n) is 6.63. The summed E-state index contributed by atoms with van der Waals surface area (Å²) in [5.74, 6) is 0.833. The molecule has 0 spiro atoms. The minimum atomic E-state index is 0.139. The first-order chi connectivity index (χ1) is 9.78. The first-order valence-corrected chi connectivity index (χ1v) is 6.63. The lowest BCUT2D eigenvalue weighted by atomic mass is 10.1. The van der Waals surface area contributed by atoms with Crippen LogP contribution in [-0.2, 0) is 19.5 Å². The van der Waals surface area contributed by atoms with Gasteiger partial charge in [-0.15, -0.1) is 5.10 Å². The van der Waals surface area contributed by atoms with Crippen LogP contribution in [0, 0.1) is 0 Å². The van der Waals surface area contributed by atoms with Crippen LogP contribution in [0.5, 0.6) is 5.75 Å². The summed E-state index contributed by atoms with van der Waals surface area (Å²) in [6.07, 6.45) is 1.37. The molecule has 0 atom stereocenters. The number of aliphatic hydroxyl groups is 1. The normalized spacial score (nSPS) is 10.8. The Morgan fingerprint density at radius 3 is 2.65 bits per heavy atom. The van der Waals surface area contributed by atoms with Crippen molar-refractivity contribution < 1.29 is 9.84 Å². The fourth-order valence-corrected chi connectivity index (χ4v) is 2.06. The van der Waals surface area contributed by atoms with Gasteiger partial charge in [0.2, 0.25) is 0 Å². The van der Waals surface area contributed by atoms with Gasteiger partial charge < -0.3 is 15.6 Å². The number of nitrogens with zero attached hydrogens (tertiary/aromatic N) is 3. The Hall–Kier alpha value is -1.92. The molecule has 0 bridgehead atoms. The summed E-state index contributed by atoms with van der Waals surface area (Å²) in [6, 6.07) is 7.89. The van der Waals surface area contributed by atoms with E-state index < -0.39 is 0 Å². The second-order valence-corrected chi connectivity index (χ2v) is 4.51. The van der Waals surface area contributed by atoms with Gasteiger partial charge in [-0.25, -0.2) is 4.68 Å². The van der Waals surface area contributed by atoms with Gasteiger partial charge in [-0.05, 0) is 24.1 Å². The first kappa shape index (κ1) is 14.5. The van der Waals surface area contributed by atoms with E-state index in [4.69, 9.17) is 15.6 Å². The van der Waals surface area contributed by atoms with Gasteiger partial charge in [0.15, 0.2) is 0 Å². The van der Waals surface area contributed by atoms with E-state index in [0.717, 1.165) is 29.1 Å². The molecule has 3 N–H and O–H groups in total. The van der Waals surface area contributed by atoms with E-state index in [9.17, 15) is 0 Å². The summed E-state index contributed by atoms with van der Waals surface area (Å²) in [5.41, 5.74) is 8.66. The maximum atomic E-state index is 8.93. The SMILES string of the molecule is COc1ccc(Cc2c(CN)nnn2CCCO)cc1. The van der Waals surface area contributed by atoms with Gasteiger partial charge in [-0.2, -0.15) is 0 Å². The van der Waals surface area contributed by atoms with Crippen molar-refractivity contribution in [3.05, 3.63) is 41.2 Å². The number of ether oxygens (including phenoxy) is 1. The monoisotopic (exact) mass is 276 g/mol. The molecule has 1 aromatic carbocycles. The Balaban J connectivity index is 2.19. The molecule has 20 heavy (non-hydrogen) atoms. The van der Waals surface area contributed by atoms with Crippen LogP contribution in [-0.4, -0.2) is 33.8 Å². The summed E-state index contributed by atoms with van der Waals surface area (Å²) in [4.78, 5) is 0. The predicted molar refractivity (Wildman–Crippen MR) is 75.4 cm³/mol. The van der Waals surface area contributed by atoms with Crippen molar-refractivity contribution in [1.82, 2.24) is 15.0 Å². The van der Waals surface area contributed by atoms with Crippen LogP contribution in [0.3, 0.4) is 0 Å². The standard InChI is InChI=1S/C14H20N4O2/c1-20-12-5-3-11(4-6-12)9-14-13(10-15)16-17-18(14)7-2-8-19/h3-6,19H,2,7-10,15H2,1H3. The van der Waals surface area contributed by atoms with Crippen LogP contribution >= 0.6 is 0 Å². The molecule has 2 aromatic rings. The van der Waals surface area contributed by atoms with Crippen molar-refractivity contribution in [3.63, 3.8) is 0 Å². The number of rotatable bonds is 7. The summed E-state index contributed by atoms with van der Waals surface area (Å²) in [6.45, 7) is 1.15. The quantitative estimate of drug-likeness (QED) is 0.778. The lowest BCUT2D eigenvalue weighted by Gasteiger charge is -2.08. The molecule has 0 radical (unpaired) electrons. The van der Waals surface area contributed by atoms with E-state index in [2.05, 4.69) is 10.3 Å². The highest BCUT2D eigenvalue weighted by molar-refractivity contribution is 5.30. The van der Waals surface area contributed by atoms with Gasteiger partial charge >= 0.3 is 0 Å². The van der Waals surface area contributed by atoms with Gasteiger partial charge in [-0.3, -0.25) is 0 Å². The van der Waals surface area contributed by atoms with Crippen molar-refractivity contribution in [2.75, 3.05) is 13.7 Å². The minimum Gasteiger partial charge on any atom is -0.497 e. The predicted octanol–water partition coefficient (Wildman–Crippen LogP) is 0.719. The van der Waals surface area contributed by atoms with E-state index in [1.165, 1.54) is 0 Å². The number of aromatic nitrogens is 3. The van der Waals surface area contributed by atoms with Crippen molar-refractivity contribution in [1.29, 1.82) is 0 Å². The lowest BCUT2D eigenvalue weighted by molar-refractivity contribution is 0.275. The zero-order chi connectivity index (χ0) is 14.4. The van der Waals surface area contributed by atoms with Gasteiger partial charge in [0.25, 0.3) is 0 Å². The zero-order valence-corrected chi connectivity index (χ0v) is 11.6. The lowest BCUT2D eigenvalue weighted by Crippen LogP contribution is -2.09. The number of hydrogen-bond donors (Lipinski definition) is 2. The van der Waals surface area contributed by atoms with Gasteiger partial charge in [0, 0.05) is 26.1 Å². The third kappa shape index (κ3) is 3.34. The Labute approximate surface area is 118 Å². The molecule has 0 aliphatic heterocycles. The van der Waals surface area contributed by atoms with E-state index in [1.807, 2.05) is 28.9 Å². The van der Waals surface area contributed by atoms with E-state index >= 15 is 0 Å². The van der Waals surface area contributed by atoms with E-state index in [-0.39, 0.29) is 6.61 Å². The number of aryl methyl sites for hydroxylation is 1. The van der Waals surface area contributed by atoms with Gasteiger partial charge in [0.1, 0.15) is 5.75 Å². The Morgan fingerprint density at radius 2 is 2.05 bits per heavy atom. The third-order valence-electron chi connectivity index (χ3n) is 3.17. The number of hydrogen-bond acceptors (Lipinski definition) is 5. The fraction of sp³-hybridized carbons (Fsp3) is 0.429. The molecule has 0 unspecified atom stereocenters. The second-order valence-electron chi connectivity index (χ2n) is 4.51. The molecule has 0 saturated carbocycles. The Kier molecular flexibility index (Phi) is 5.09. The molecule has 1 aromatic heterocycles. The average molecular weight is 276 g/mol. The molecule has 1 heterocycles. The highest BCUT2D eigenvalue weighted by Crippen LogP contribution is 2.16. The molecule has 108 valence electrons. The molecule has 0 amide bonds. The van der Waals surface area contributed by atoms with Crippen molar-refractivity contribution in [2.45, 2.75) is 25.9 Å². The summed E-state index contributed by atoms with van der Waals surface area (Å²) in [5, 5.41) is 17.1. The zero-order valence-electron chi connectivity index (χ0n) is 11.6. The van der Waals surface area contributed by atoms with Crippen molar-refractivity contribution >= 4 is 0 Å². The van der Waals surface area contributed by atoms with Crippen LogP contribution in [0.2, 0.25) is 0 Å². The molecule has 6 heteroatoms. The number of nitrogens with two attached hydrogens (primary N) is 1. The summed E-state index contributed by atoms with van der Waals surface area (Å²) in [7, 11) is 1.65. The number of benzene rings is 1. The maximum absolute atomic E-state index is 8.93. The molecule has 0 aliphatic rings. The van der Waals surface area contributed by atoms with Crippen LogP contribution in [0.15, 0.2) is 24.3 Å². The molecular formula is C14H20N4O2. The van der Waals surface area contributed by atoms with Crippen LogP contribution in [0.25, 0.3) is 0 Å². The van der Waals surface area contributed by atoms with Gasteiger partial charge in [-0.1, -0.05) is 17.3 Å². The molecular weight excluding hydrogens is 256 g/mol. The highest BCUT2D eigenvalue weighted by atomic mass is 16.5. The summed E-state index contributed by atoms with van der Waals surface area (Å²) < 4.78 is 6.97. The highest BCUT2D eigenvalue weighted by Gasteiger charge is 2.12. The van der Waals surface area contributed by atoms with E-state index in [0.29, 0.717) is 19.5 Å². The molecule has 2 rings (SSSR count).